The van der Waals surface area contributed by atoms with E-state index in [4.69, 9.17) is 0 Å². The minimum atomic E-state index is -4.21. The van der Waals surface area contributed by atoms with E-state index < -0.39 is 12.7 Å². The maximum Gasteiger partial charge on any atom is 0.401 e. The van der Waals surface area contributed by atoms with Gasteiger partial charge in [-0.3, -0.25) is 9.89 Å². The topological polar surface area (TPSA) is 39.7 Å². The number of guanidine groups is 1. The lowest BCUT2D eigenvalue weighted by Gasteiger charge is -2.18. The Kier molecular flexibility index (Phi) is 11.7. The molecule has 0 bridgehead atoms. The summed E-state index contributed by atoms with van der Waals surface area (Å²) in [7, 11) is 1.40. The molecule has 0 atom stereocenters. The summed E-state index contributed by atoms with van der Waals surface area (Å²) >= 11 is 0. The number of nitrogens with one attached hydrogen (secondary N) is 2. The molecule has 4 nitrogen and oxygen atoms in total. The van der Waals surface area contributed by atoms with Crippen LogP contribution in [0.15, 0.2) is 29.3 Å². The molecule has 0 fully saturated rings. The van der Waals surface area contributed by atoms with Crippen LogP contribution in [0.2, 0.25) is 0 Å². The predicted molar refractivity (Wildman–Crippen MR) is 103 cm³/mol. The van der Waals surface area contributed by atoms with Gasteiger partial charge >= 0.3 is 6.18 Å². The molecule has 25 heavy (non-hydrogen) atoms. The van der Waals surface area contributed by atoms with Crippen molar-refractivity contribution < 1.29 is 17.6 Å². The Labute approximate surface area is 163 Å². The summed E-state index contributed by atoms with van der Waals surface area (Å²) in [5.74, 6) is 0.254. The summed E-state index contributed by atoms with van der Waals surface area (Å²) in [5, 5.41) is 6.06. The Morgan fingerprint density at radius 3 is 2.48 bits per heavy atom. The van der Waals surface area contributed by atoms with Gasteiger partial charge < -0.3 is 10.6 Å². The normalized spacial score (nSPS) is 12.0. The average Bonchev–Trinajstić information content (AvgIpc) is 2.47. The van der Waals surface area contributed by atoms with E-state index in [0.29, 0.717) is 31.0 Å². The van der Waals surface area contributed by atoms with Crippen LogP contribution in [0.4, 0.5) is 17.6 Å². The predicted octanol–water partition coefficient (Wildman–Crippen LogP) is 3.04. The van der Waals surface area contributed by atoms with Crippen LogP contribution < -0.4 is 10.6 Å². The maximum absolute atomic E-state index is 13.5. The summed E-state index contributed by atoms with van der Waals surface area (Å²) in [6, 6.07) is 6.53. The Bertz CT molecular complexity index is 523. The summed E-state index contributed by atoms with van der Waals surface area (Å²) in [6.07, 6.45) is -3.72. The first-order valence-corrected chi connectivity index (χ1v) is 7.82. The molecule has 0 saturated carbocycles. The molecule has 0 saturated heterocycles. The molecule has 144 valence electrons. The van der Waals surface area contributed by atoms with E-state index in [-0.39, 0.29) is 42.9 Å². The first-order chi connectivity index (χ1) is 11.3. The smallest absolute Gasteiger partial charge is 0.357 e. The number of alkyl halides is 3. The quantitative estimate of drug-likeness (QED) is 0.262. The molecule has 0 unspecified atom stereocenters. The first kappa shape index (κ1) is 23.9. The Morgan fingerprint density at radius 2 is 1.88 bits per heavy atom. The van der Waals surface area contributed by atoms with Gasteiger partial charge in [-0.25, -0.2) is 4.39 Å². The summed E-state index contributed by atoms with van der Waals surface area (Å²) in [5.41, 5.74) is 0.603. The van der Waals surface area contributed by atoms with Crippen LogP contribution >= 0.6 is 24.0 Å². The highest BCUT2D eigenvalue weighted by Crippen LogP contribution is 2.15. The number of hydrogen-bond acceptors (Lipinski definition) is 2. The fraction of sp³-hybridized carbons (Fsp3) is 0.562. The lowest BCUT2D eigenvalue weighted by atomic mass is 10.1. The molecule has 2 N–H and O–H groups in total. The highest BCUT2D eigenvalue weighted by molar-refractivity contribution is 14.0. The van der Waals surface area contributed by atoms with E-state index in [1.54, 1.807) is 18.2 Å². The van der Waals surface area contributed by atoms with Gasteiger partial charge in [0.2, 0.25) is 0 Å². The average molecular weight is 476 g/mol. The zero-order valence-electron chi connectivity index (χ0n) is 14.4. The van der Waals surface area contributed by atoms with Crippen molar-refractivity contribution in [2.45, 2.75) is 19.5 Å². The van der Waals surface area contributed by atoms with Gasteiger partial charge in [0.05, 0.1) is 13.1 Å². The van der Waals surface area contributed by atoms with Crippen LogP contribution in [0.1, 0.15) is 12.5 Å². The van der Waals surface area contributed by atoms with Gasteiger partial charge in [0.15, 0.2) is 5.96 Å². The Morgan fingerprint density at radius 1 is 1.20 bits per heavy atom. The minimum absolute atomic E-state index is 0. The van der Waals surface area contributed by atoms with Crippen molar-refractivity contribution in [3.05, 3.63) is 35.6 Å². The van der Waals surface area contributed by atoms with Crippen molar-refractivity contribution in [3.63, 3.8) is 0 Å². The second kappa shape index (κ2) is 12.3. The summed E-state index contributed by atoms with van der Waals surface area (Å²) in [6.45, 7) is 2.48. The number of hydrogen-bond donors (Lipinski definition) is 2. The zero-order chi connectivity index (χ0) is 18.0. The third-order valence-electron chi connectivity index (χ3n) is 3.19. The molecule has 0 radical (unpaired) electrons. The highest BCUT2D eigenvalue weighted by atomic mass is 127. The van der Waals surface area contributed by atoms with E-state index in [2.05, 4.69) is 15.6 Å². The second-order valence-corrected chi connectivity index (χ2v) is 5.38. The van der Waals surface area contributed by atoms with Gasteiger partial charge in [-0.05, 0) is 32.0 Å². The minimum Gasteiger partial charge on any atom is -0.357 e. The van der Waals surface area contributed by atoms with Crippen LogP contribution in [0, 0.1) is 5.82 Å². The molecule has 9 heteroatoms. The fourth-order valence-electron chi connectivity index (χ4n) is 2.08. The molecule has 1 rings (SSSR count). The SMILES string of the molecule is CCNC(=NCCN(C)CC(F)(F)F)NCCc1ccccc1F.I. The van der Waals surface area contributed by atoms with E-state index in [1.807, 2.05) is 6.92 Å². The molecule has 1 aromatic carbocycles. The molecule has 0 aliphatic rings. The molecular formula is C16H25F4IN4. The number of aliphatic imine (C=N–C) groups is 1. The van der Waals surface area contributed by atoms with Crippen molar-refractivity contribution >= 4 is 29.9 Å². The van der Waals surface area contributed by atoms with Gasteiger partial charge in [0.25, 0.3) is 0 Å². The summed E-state index contributed by atoms with van der Waals surface area (Å²) in [4.78, 5) is 5.40. The molecule has 0 aromatic heterocycles. The van der Waals surface area contributed by atoms with Gasteiger partial charge in [0.1, 0.15) is 5.82 Å². The van der Waals surface area contributed by atoms with Gasteiger partial charge in [-0.15, -0.1) is 24.0 Å². The molecule has 0 heterocycles. The maximum atomic E-state index is 13.5. The second-order valence-electron chi connectivity index (χ2n) is 5.38. The number of rotatable bonds is 8. The van der Waals surface area contributed by atoms with E-state index >= 15 is 0 Å². The van der Waals surface area contributed by atoms with Crippen LogP contribution in [0.5, 0.6) is 0 Å². The van der Waals surface area contributed by atoms with Crippen LogP contribution in [0.25, 0.3) is 0 Å². The van der Waals surface area contributed by atoms with Crippen molar-refractivity contribution in [2.75, 3.05) is 39.8 Å². The van der Waals surface area contributed by atoms with Crippen molar-refractivity contribution in [1.29, 1.82) is 0 Å². The number of nitrogens with zero attached hydrogens (tertiary/aromatic N) is 2. The zero-order valence-corrected chi connectivity index (χ0v) is 16.7. The van der Waals surface area contributed by atoms with Crippen LogP contribution in [0.3, 0.4) is 0 Å². The number of benzene rings is 1. The molecule has 0 spiro atoms. The molecule has 0 amide bonds. The monoisotopic (exact) mass is 476 g/mol. The van der Waals surface area contributed by atoms with E-state index in [9.17, 15) is 17.6 Å². The van der Waals surface area contributed by atoms with Gasteiger partial charge in [-0.1, -0.05) is 18.2 Å². The van der Waals surface area contributed by atoms with Crippen molar-refractivity contribution in [3.8, 4) is 0 Å². The van der Waals surface area contributed by atoms with Gasteiger partial charge in [-0.2, -0.15) is 13.2 Å². The lowest BCUT2D eigenvalue weighted by Crippen LogP contribution is -2.39. The lowest BCUT2D eigenvalue weighted by molar-refractivity contribution is -0.142. The third-order valence-corrected chi connectivity index (χ3v) is 3.19. The van der Waals surface area contributed by atoms with Gasteiger partial charge in [0, 0.05) is 19.6 Å². The molecular weight excluding hydrogens is 451 g/mol. The standard InChI is InChI=1S/C16H24F4N4.HI/c1-3-21-15(23-10-11-24(2)12-16(18,19)20)22-9-8-13-6-4-5-7-14(13)17;/h4-7H,3,8-12H2,1-2H3,(H2,21,22,23);1H. The highest BCUT2D eigenvalue weighted by Gasteiger charge is 2.28. The van der Waals surface area contributed by atoms with Crippen molar-refractivity contribution in [1.82, 2.24) is 15.5 Å². The largest absolute Gasteiger partial charge is 0.401 e. The van der Waals surface area contributed by atoms with Crippen LogP contribution in [-0.4, -0.2) is 56.8 Å². The first-order valence-electron chi connectivity index (χ1n) is 7.82. The molecule has 1 aromatic rings. The van der Waals surface area contributed by atoms with E-state index in [1.165, 1.54) is 18.0 Å². The van der Waals surface area contributed by atoms with E-state index in [0.717, 1.165) is 0 Å². The number of likely N-dealkylation sites (N-methyl/N-ethyl adjacent to an activating group) is 1. The summed E-state index contributed by atoms with van der Waals surface area (Å²) < 4.78 is 50.2. The Balaban J connectivity index is 0.00000576. The molecule has 0 aliphatic heterocycles. The van der Waals surface area contributed by atoms with Crippen molar-refractivity contribution in [2.24, 2.45) is 4.99 Å². The number of halogens is 5. The fourth-order valence-corrected chi connectivity index (χ4v) is 2.08. The molecule has 0 aliphatic carbocycles. The Hall–Kier alpha value is -1.10. The van der Waals surface area contributed by atoms with Crippen LogP contribution in [-0.2, 0) is 6.42 Å². The third kappa shape index (κ3) is 11.2.